The second-order valence-corrected chi connectivity index (χ2v) is 6.31. The fraction of sp³-hybridized carbons (Fsp3) is 0.636. The maximum absolute atomic E-state index is 11.8. The van der Waals surface area contributed by atoms with E-state index in [4.69, 9.17) is 14.9 Å². The molecule has 0 aromatic carbocycles. The third-order valence-corrected chi connectivity index (χ3v) is 3.26. The van der Waals surface area contributed by atoms with Crippen molar-refractivity contribution in [3.63, 3.8) is 0 Å². The van der Waals surface area contributed by atoms with Crippen molar-refractivity contribution < 1.29 is 38.6 Å². The summed E-state index contributed by atoms with van der Waals surface area (Å²) in [4.78, 5) is 62.4. The van der Waals surface area contributed by atoms with Gasteiger partial charge in [0, 0.05) is 13.0 Å². The standard InChI is InChI=1S/C11H20N3O8P/c1-3-8(15)13-6(2)10(17)14-7(11(18)19)4-12-9(16)5-23(20,21)22/h6-7H,3-5H2,1-2H3,(H,12,16)(H,13,15)(H,14,17)(H,18,19)(H2,20,21,22)/t6-,7-/m0/s1. The minimum absolute atomic E-state index is 0.151. The number of hydrogen-bond acceptors (Lipinski definition) is 5. The van der Waals surface area contributed by atoms with Crippen molar-refractivity contribution >= 4 is 31.3 Å². The molecule has 132 valence electrons. The first-order valence-electron chi connectivity index (χ1n) is 6.60. The lowest BCUT2D eigenvalue weighted by Gasteiger charge is -2.19. The van der Waals surface area contributed by atoms with Gasteiger partial charge in [-0.3, -0.25) is 18.9 Å². The predicted octanol–water partition coefficient (Wildman–Crippen LogP) is -2.24. The van der Waals surface area contributed by atoms with E-state index < -0.39 is 56.1 Å². The molecule has 3 amide bonds. The minimum atomic E-state index is -4.56. The lowest BCUT2D eigenvalue weighted by atomic mass is 10.2. The van der Waals surface area contributed by atoms with Crippen molar-refractivity contribution in [2.75, 3.05) is 12.7 Å². The molecule has 0 rings (SSSR count). The van der Waals surface area contributed by atoms with Crippen LogP contribution < -0.4 is 16.0 Å². The molecule has 0 saturated heterocycles. The quantitative estimate of drug-likeness (QED) is 0.252. The number of aliphatic carboxylic acids is 1. The molecular weight excluding hydrogens is 333 g/mol. The zero-order valence-electron chi connectivity index (χ0n) is 12.6. The first-order valence-corrected chi connectivity index (χ1v) is 8.39. The highest BCUT2D eigenvalue weighted by molar-refractivity contribution is 7.52. The Bertz CT molecular complexity index is 517. The largest absolute Gasteiger partial charge is 0.480 e. The van der Waals surface area contributed by atoms with E-state index in [2.05, 4.69) is 10.6 Å². The molecular formula is C11H20N3O8P. The Hall–Kier alpha value is -1.97. The van der Waals surface area contributed by atoms with Gasteiger partial charge >= 0.3 is 13.6 Å². The van der Waals surface area contributed by atoms with Gasteiger partial charge in [0.05, 0.1) is 0 Å². The molecule has 0 bridgehead atoms. The maximum Gasteiger partial charge on any atom is 0.334 e. The highest BCUT2D eigenvalue weighted by Crippen LogP contribution is 2.33. The van der Waals surface area contributed by atoms with Crippen LogP contribution >= 0.6 is 7.60 Å². The van der Waals surface area contributed by atoms with Gasteiger partial charge in [-0.25, -0.2) is 4.79 Å². The second-order valence-electron chi connectivity index (χ2n) is 4.67. The van der Waals surface area contributed by atoms with Crippen molar-refractivity contribution in [1.82, 2.24) is 16.0 Å². The number of carbonyl (C=O) groups excluding carboxylic acids is 3. The van der Waals surface area contributed by atoms with E-state index >= 15 is 0 Å². The summed E-state index contributed by atoms with van der Waals surface area (Å²) < 4.78 is 10.6. The van der Waals surface area contributed by atoms with Gasteiger partial charge in [-0.05, 0) is 6.92 Å². The van der Waals surface area contributed by atoms with Gasteiger partial charge in [0.25, 0.3) is 0 Å². The first kappa shape index (κ1) is 21.0. The monoisotopic (exact) mass is 353 g/mol. The van der Waals surface area contributed by atoms with Crippen LogP contribution in [-0.4, -0.2) is 63.4 Å². The molecule has 0 fully saturated rings. The summed E-state index contributed by atoms with van der Waals surface area (Å²) in [5, 5.41) is 15.4. The molecule has 0 radical (unpaired) electrons. The summed E-state index contributed by atoms with van der Waals surface area (Å²) in [6.45, 7) is 2.37. The molecule has 12 heteroatoms. The van der Waals surface area contributed by atoms with E-state index in [1.807, 2.05) is 5.32 Å². The van der Waals surface area contributed by atoms with Crippen LogP contribution in [0.15, 0.2) is 0 Å². The Morgan fingerprint density at radius 2 is 1.65 bits per heavy atom. The van der Waals surface area contributed by atoms with Gasteiger partial charge in [-0.1, -0.05) is 6.92 Å². The number of hydrogen-bond donors (Lipinski definition) is 6. The van der Waals surface area contributed by atoms with Crippen LogP contribution in [0.25, 0.3) is 0 Å². The average molecular weight is 353 g/mol. The molecule has 0 aliphatic heterocycles. The number of carboxylic acid groups (broad SMARTS) is 1. The van der Waals surface area contributed by atoms with Crippen LogP contribution in [0.3, 0.4) is 0 Å². The van der Waals surface area contributed by atoms with E-state index in [0.29, 0.717) is 0 Å². The van der Waals surface area contributed by atoms with Gasteiger partial charge in [-0.2, -0.15) is 0 Å². The third kappa shape index (κ3) is 9.61. The Balaban J connectivity index is 4.55. The van der Waals surface area contributed by atoms with Crippen LogP contribution in [0.1, 0.15) is 20.3 Å². The second kappa shape index (κ2) is 9.23. The summed E-state index contributed by atoms with van der Waals surface area (Å²) in [5.41, 5.74) is 0. The van der Waals surface area contributed by atoms with Gasteiger partial charge in [0.2, 0.25) is 17.7 Å². The first-order chi connectivity index (χ1) is 10.5. The van der Waals surface area contributed by atoms with Crippen LogP contribution in [0.2, 0.25) is 0 Å². The van der Waals surface area contributed by atoms with Crippen LogP contribution in [0, 0.1) is 0 Å². The fourth-order valence-electron chi connectivity index (χ4n) is 1.36. The SMILES string of the molecule is CCC(=O)N[C@@H](C)C(=O)N[C@@H](CNC(=O)CP(=O)(O)O)C(=O)O. The summed E-state index contributed by atoms with van der Waals surface area (Å²) in [7, 11) is -4.56. The van der Waals surface area contributed by atoms with E-state index in [0.717, 1.165) is 0 Å². The zero-order chi connectivity index (χ0) is 18.2. The number of carboxylic acids is 1. The Labute approximate surface area is 132 Å². The summed E-state index contributed by atoms with van der Waals surface area (Å²) >= 11 is 0. The zero-order valence-corrected chi connectivity index (χ0v) is 13.5. The molecule has 0 aromatic rings. The highest BCUT2D eigenvalue weighted by Gasteiger charge is 2.25. The van der Waals surface area contributed by atoms with Crippen LogP contribution in [0.5, 0.6) is 0 Å². The molecule has 0 unspecified atom stereocenters. The molecule has 0 spiro atoms. The molecule has 2 atom stereocenters. The van der Waals surface area contributed by atoms with E-state index in [9.17, 15) is 23.7 Å². The van der Waals surface area contributed by atoms with Gasteiger partial charge in [-0.15, -0.1) is 0 Å². The van der Waals surface area contributed by atoms with E-state index in [1.54, 1.807) is 6.92 Å². The van der Waals surface area contributed by atoms with Crippen molar-refractivity contribution in [2.24, 2.45) is 0 Å². The molecule has 0 aliphatic carbocycles. The van der Waals surface area contributed by atoms with Crippen LogP contribution in [0.4, 0.5) is 0 Å². The Kier molecular flexibility index (Phi) is 8.44. The molecule has 6 N–H and O–H groups in total. The van der Waals surface area contributed by atoms with Crippen molar-refractivity contribution in [2.45, 2.75) is 32.4 Å². The van der Waals surface area contributed by atoms with Gasteiger partial charge in [0.1, 0.15) is 18.2 Å². The molecule has 0 aromatic heterocycles. The minimum Gasteiger partial charge on any atom is -0.480 e. The van der Waals surface area contributed by atoms with Gasteiger partial charge in [0.15, 0.2) is 0 Å². The highest BCUT2D eigenvalue weighted by atomic mass is 31.2. The van der Waals surface area contributed by atoms with Crippen molar-refractivity contribution in [3.8, 4) is 0 Å². The fourth-order valence-corrected chi connectivity index (χ4v) is 1.85. The Morgan fingerprint density at radius 3 is 2.09 bits per heavy atom. The van der Waals surface area contributed by atoms with E-state index in [-0.39, 0.29) is 6.42 Å². The molecule has 0 heterocycles. The van der Waals surface area contributed by atoms with Crippen molar-refractivity contribution in [3.05, 3.63) is 0 Å². The third-order valence-electron chi connectivity index (χ3n) is 2.56. The summed E-state index contributed by atoms with van der Waals surface area (Å²) in [5.74, 6) is -3.67. The number of amides is 3. The van der Waals surface area contributed by atoms with E-state index in [1.165, 1.54) is 6.92 Å². The molecule has 11 nitrogen and oxygen atoms in total. The molecule has 0 saturated carbocycles. The molecule has 23 heavy (non-hydrogen) atoms. The normalized spacial score (nSPS) is 13.6. The number of rotatable bonds is 9. The van der Waals surface area contributed by atoms with Crippen molar-refractivity contribution in [1.29, 1.82) is 0 Å². The lowest BCUT2D eigenvalue weighted by molar-refractivity contribution is -0.142. The summed E-state index contributed by atoms with van der Waals surface area (Å²) in [6, 6.07) is -2.49. The lowest BCUT2D eigenvalue weighted by Crippen LogP contribution is -2.54. The number of carbonyl (C=O) groups is 4. The van der Waals surface area contributed by atoms with Gasteiger partial charge < -0.3 is 30.8 Å². The molecule has 0 aliphatic rings. The smallest absolute Gasteiger partial charge is 0.334 e. The predicted molar refractivity (Wildman–Crippen MR) is 77.4 cm³/mol. The average Bonchev–Trinajstić information content (AvgIpc) is 2.40. The number of nitrogens with one attached hydrogen (secondary N) is 3. The summed E-state index contributed by atoms with van der Waals surface area (Å²) in [6.07, 6.45) is -0.936. The van der Waals surface area contributed by atoms with Crippen LogP contribution in [-0.2, 0) is 23.7 Å². The topological polar surface area (TPSA) is 182 Å². The maximum atomic E-state index is 11.8. The Morgan fingerprint density at radius 1 is 1.09 bits per heavy atom.